The number of aryl methyl sites for hydroxylation is 2. The number of aliphatic hydroxyl groups is 1. The number of hydrogen-bond acceptors (Lipinski definition) is 4. The van der Waals surface area contributed by atoms with Crippen molar-refractivity contribution >= 4 is 6.09 Å². The fourth-order valence-electron chi connectivity index (χ4n) is 2.16. The van der Waals surface area contributed by atoms with E-state index in [-0.39, 0.29) is 6.61 Å². The molecule has 106 valence electrons. The second-order valence-corrected chi connectivity index (χ2v) is 4.51. The van der Waals surface area contributed by atoms with E-state index in [1.165, 1.54) is 0 Å². The Morgan fingerprint density at radius 3 is 2.45 bits per heavy atom. The average molecular weight is 276 g/mol. The molecular formula is C14H16N2O4. The summed E-state index contributed by atoms with van der Waals surface area (Å²) in [5.74, 6) is 0.734. The predicted molar refractivity (Wildman–Crippen MR) is 72.4 cm³/mol. The lowest BCUT2D eigenvalue weighted by atomic mass is 10.00. The van der Waals surface area contributed by atoms with E-state index in [1.54, 1.807) is 12.1 Å². The SMILES string of the molecule is Cc1noc(C)c1-c1ccc(C(CO)NC(=O)O)cc1. The van der Waals surface area contributed by atoms with Crippen LogP contribution in [0, 0.1) is 13.8 Å². The third-order valence-corrected chi connectivity index (χ3v) is 3.12. The Morgan fingerprint density at radius 1 is 1.35 bits per heavy atom. The third kappa shape index (κ3) is 2.80. The summed E-state index contributed by atoms with van der Waals surface area (Å²) in [7, 11) is 0. The van der Waals surface area contributed by atoms with Gasteiger partial charge < -0.3 is 20.1 Å². The molecule has 1 atom stereocenters. The Morgan fingerprint density at radius 2 is 2.00 bits per heavy atom. The van der Waals surface area contributed by atoms with Crippen LogP contribution in [-0.4, -0.2) is 28.1 Å². The molecule has 0 aliphatic heterocycles. The van der Waals surface area contributed by atoms with Crippen LogP contribution >= 0.6 is 0 Å². The molecule has 6 heteroatoms. The molecule has 20 heavy (non-hydrogen) atoms. The quantitative estimate of drug-likeness (QED) is 0.796. The van der Waals surface area contributed by atoms with Crippen molar-refractivity contribution in [3.05, 3.63) is 41.3 Å². The maximum atomic E-state index is 10.6. The summed E-state index contributed by atoms with van der Waals surface area (Å²) in [6.45, 7) is 3.41. The lowest BCUT2D eigenvalue weighted by molar-refractivity contribution is 0.177. The summed E-state index contributed by atoms with van der Waals surface area (Å²) >= 11 is 0. The first-order valence-electron chi connectivity index (χ1n) is 6.16. The molecule has 0 radical (unpaired) electrons. The van der Waals surface area contributed by atoms with Crippen molar-refractivity contribution in [3.63, 3.8) is 0 Å². The van der Waals surface area contributed by atoms with Crippen molar-refractivity contribution in [1.82, 2.24) is 10.5 Å². The van der Waals surface area contributed by atoms with Gasteiger partial charge in [0.15, 0.2) is 0 Å². The van der Waals surface area contributed by atoms with E-state index in [9.17, 15) is 9.90 Å². The highest BCUT2D eigenvalue weighted by Crippen LogP contribution is 2.27. The summed E-state index contributed by atoms with van der Waals surface area (Å²) in [6.07, 6.45) is -1.17. The van der Waals surface area contributed by atoms with Gasteiger partial charge in [-0.2, -0.15) is 0 Å². The first-order valence-corrected chi connectivity index (χ1v) is 6.16. The Bertz CT molecular complexity index is 585. The molecule has 0 saturated heterocycles. The summed E-state index contributed by atoms with van der Waals surface area (Å²) in [6, 6.07) is 6.63. The van der Waals surface area contributed by atoms with Gasteiger partial charge >= 0.3 is 6.09 Å². The highest BCUT2D eigenvalue weighted by Gasteiger charge is 2.15. The molecular weight excluding hydrogens is 260 g/mol. The van der Waals surface area contributed by atoms with E-state index in [0.717, 1.165) is 22.6 Å². The van der Waals surface area contributed by atoms with Crippen LogP contribution < -0.4 is 5.32 Å². The lowest BCUT2D eigenvalue weighted by Gasteiger charge is -2.14. The molecule has 0 fully saturated rings. The molecule has 0 bridgehead atoms. The van der Waals surface area contributed by atoms with E-state index in [4.69, 9.17) is 9.63 Å². The molecule has 0 aliphatic carbocycles. The normalized spacial score (nSPS) is 12.2. The van der Waals surface area contributed by atoms with Gasteiger partial charge in [0.05, 0.1) is 18.3 Å². The highest BCUT2D eigenvalue weighted by molar-refractivity contribution is 5.68. The van der Waals surface area contributed by atoms with E-state index >= 15 is 0 Å². The number of aliphatic hydroxyl groups excluding tert-OH is 1. The van der Waals surface area contributed by atoms with Crippen LogP contribution in [-0.2, 0) is 0 Å². The van der Waals surface area contributed by atoms with Gasteiger partial charge in [-0.25, -0.2) is 4.79 Å². The second-order valence-electron chi connectivity index (χ2n) is 4.51. The van der Waals surface area contributed by atoms with Gasteiger partial charge in [0, 0.05) is 5.56 Å². The number of rotatable bonds is 4. The van der Waals surface area contributed by atoms with Crippen LogP contribution in [0.3, 0.4) is 0 Å². The number of nitrogens with zero attached hydrogens (tertiary/aromatic N) is 1. The Kier molecular flexibility index (Phi) is 4.05. The van der Waals surface area contributed by atoms with E-state index in [1.807, 2.05) is 26.0 Å². The molecule has 1 aromatic heterocycles. The van der Waals surface area contributed by atoms with Crippen molar-refractivity contribution in [2.24, 2.45) is 0 Å². The first-order chi connectivity index (χ1) is 9.52. The number of carbonyl (C=O) groups is 1. The molecule has 1 amide bonds. The van der Waals surface area contributed by atoms with Gasteiger partial charge in [0.2, 0.25) is 0 Å². The maximum Gasteiger partial charge on any atom is 0.405 e. The predicted octanol–water partition coefficient (Wildman–Crippen LogP) is 2.26. The zero-order valence-corrected chi connectivity index (χ0v) is 11.3. The zero-order valence-electron chi connectivity index (χ0n) is 11.3. The summed E-state index contributed by atoms with van der Waals surface area (Å²) < 4.78 is 5.12. The van der Waals surface area contributed by atoms with Crippen molar-refractivity contribution in [2.45, 2.75) is 19.9 Å². The molecule has 0 spiro atoms. The zero-order chi connectivity index (χ0) is 14.7. The summed E-state index contributed by atoms with van der Waals surface area (Å²) in [4.78, 5) is 10.6. The van der Waals surface area contributed by atoms with Gasteiger partial charge in [0.25, 0.3) is 0 Å². The molecule has 1 unspecified atom stereocenters. The Balaban J connectivity index is 2.28. The maximum absolute atomic E-state index is 10.6. The van der Waals surface area contributed by atoms with Crippen molar-refractivity contribution < 1.29 is 19.5 Å². The number of carboxylic acid groups (broad SMARTS) is 1. The van der Waals surface area contributed by atoms with Gasteiger partial charge in [0.1, 0.15) is 5.76 Å². The molecule has 1 aromatic carbocycles. The van der Waals surface area contributed by atoms with E-state index in [0.29, 0.717) is 5.56 Å². The van der Waals surface area contributed by atoms with Crippen LogP contribution in [0.25, 0.3) is 11.1 Å². The third-order valence-electron chi connectivity index (χ3n) is 3.12. The Labute approximate surface area is 116 Å². The van der Waals surface area contributed by atoms with E-state index < -0.39 is 12.1 Å². The topological polar surface area (TPSA) is 95.6 Å². The van der Waals surface area contributed by atoms with Crippen molar-refractivity contribution in [3.8, 4) is 11.1 Å². The van der Waals surface area contributed by atoms with Crippen LogP contribution in [0.4, 0.5) is 4.79 Å². The largest absolute Gasteiger partial charge is 0.465 e. The molecule has 0 aliphatic rings. The van der Waals surface area contributed by atoms with Crippen LogP contribution in [0.2, 0.25) is 0 Å². The van der Waals surface area contributed by atoms with Crippen molar-refractivity contribution in [1.29, 1.82) is 0 Å². The minimum absolute atomic E-state index is 0.295. The van der Waals surface area contributed by atoms with E-state index in [2.05, 4.69) is 10.5 Å². The number of nitrogens with one attached hydrogen (secondary N) is 1. The minimum Gasteiger partial charge on any atom is -0.465 e. The fourth-order valence-corrected chi connectivity index (χ4v) is 2.16. The monoisotopic (exact) mass is 276 g/mol. The Hall–Kier alpha value is -2.34. The van der Waals surface area contributed by atoms with Gasteiger partial charge in [-0.1, -0.05) is 29.4 Å². The van der Waals surface area contributed by atoms with Crippen LogP contribution in [0.15, 0.2) is 28.8 Å². The van der Waals surface area contributed by atoms with Gasteiger partial charge in [-0.15, -0.1) is 0 Å². The summed E-state index contributed by atoms with van der Waals surface area (Å²) in [5.41, 5.74) is 3.38. The highest BCUT2D eigenvalue weighted by atomic mass is 16.5. The van der Waals surface area contributed by atoms with Crippen LogP contribution in [0.5, 0.6) is 0 Å². The standard InChI is InChI=1S/C14H16N2O4/c1-8-13(9(2)20-16-8)11-5-3-10(4-6-11)12(7-17)15-14(18)19/h3-6,12,15,17H,7H2,1-2H3,(H,18,19). The minimum atomic E-state index is -1.17. The van der Waals surface area contributed by atoms with Gasteiger partial charge in [-0.05, 0) is 25.0 Å². The molecule has 1 heterocycles. The van der Waals surface area contributed by atoms with Crippen LogP contribution in [0.1, 0.15) is 23.1 Å². The smallest absolute Gasteiger partial charge is 0.405 e. The summed E-state index contributed by atoms with van der Waals surface area (Å²) in [5, 5.41) is 24.1. The molecule has 3 N–H and O–H groups in total. The molecule has 2 aromatic rings. The second kappa shape index (κ2) is 5.75. The molecule has 6 nitrogen and oxygen atoms in total. The number of benzene rings is 1. The fraction of sp³-hybridized carbons (Fsp3) is 0.286. The average Bonchev–Trinajstić information content (AvgIpc) is 2.76. The number of hydrogen-bond donors (Lipinski definition) is 3. The van der Waals surface area contributed by atoms with Crippen molar-refractivity contribution in [2.75, 3.05) is 6.61 Å². The molecule has 0 saturated carbocycles. The van der Waals surface area contributed by atoms with Gasteiger partial charge in [-0.3, -0.25) is 0 Å². The number of aromatic nitrogens is 1. The lowest BCUT2D eigenvalue weighted by Crippen LogP contribution is -2.29. The first kappa shape index (κ1) is 14.1. The number of amides is 1. The molecule has 2 rings (SSSR count).